The lowest BCUT2D eigenvalue weighted by atomic mass is 10.2. The Bertz CT molecular complexity index is 679. The molecule has 7 nitrogen and oxygen atoms in total. The Hall–Kier alpha value is -2.80. The van der Waals surface area contributed by atoms with Crippen LogP contribution in [0.1, 0.15) is 5.69 Å². The molecule has 3 heterocycles. The summed E-state index contributed by atoms with van der Waals surface area (Å²) < 4.78 is 11.1. The number of hydrogen-bond acceptors (Lipinski definition) is 6. The van der Waals surface area contributed by atoms with Gasteiger partial charge in [0.1, 0.15) is 12.7 Å². The maximum absolute atomic E-state index is 12.3. The molecular formula is C17H18N4O3. The van der Waals surface area contributed by atoms with Gasteiger partial charge in [-0.3, -0.25) is 9.78 Å². The molecule has 1 aliphatic heterocycles. The number of hydrogen-bond donors (Lipinski definition) is 0. The summed E-state index contributed by atoms with van der Waals surface area (Å²) in [4.78, 5) is 26.2. The van der Waals surface area contributed by atoms with E-state index in [1.807, 2.05) is 18.2 Å². The molecule has 0 aromatic carbocycles. The van der Waals surface area contributed by atoms with Crippen LogP contribution in [0.4, 0.5) is 0 Å². The van der Waals surface area contributed by atoms with Crippen LogP contribution in [0.3, 0.4) is 0 Å². The molecule has 0 radical (unpaired) electrons. The minimum absolute atomic E-state index is 0.0649. The number of pyridine rings is 1. The second kappa shape index (κ2) is 8.16. The van der Waals surface area contributed by atoms with Crippen molar-refractivity contribution in [1.29, 1.82) is 0 Å². The highest BCUT2D eigenvalue weighted by Gasteiger charge is 2.23. The zero-order valence-corrected chi connectivity index (χ0v) is 13.1. The molecule has 0 aliphatic carbocycles. The van der Waals surface area contributed by atoms with E-state index in [1.54, 1.807) is 35.6 Å². The fourth-order valence-electron chi connectivity index (χ4n) is 2.28. The number of carbonyl (C=O) groups is 1. The highest BCUT2D eigenvalue weighted by Crippen LogP contribution is 2.09. The normalized spacial score (nSPS) is 17.8. The Kier molecular flexibility index (Phi) is 5.47. The summed E-state index contributed by atoms with van der Waals surface area (Å²) in [5.74, 6) is -0.0649. The van der Waals surface area contributed by atoms with Crippen LogP contribution in [-0.2, 0) is 9.53 Å². The Morgan fingerprint density at radius 2 is 2.08 bits per heavy atom. The Morgan fingerprint density at radius 1 is 1.25 bits per heavy atom. The summed E-state index contributed by atoms with van der Waals surface area (Å²) >= 11 is 0. The maximum atomic E-state index is 12.3. The molecule has 24 heavy (non-hydrogen) atoms. The molecule has 3 rings (SSSR count). The van der Waals surface area contributed by atoms with Gasteiger partial charge in [0.2, 0.25) is 5.91 Å². The minimum atomic E-state index is -0.199. The zero-order chi connectivity index (χ0) is 16.6. The first-order valence-electron chi connectivity index (χ1n) is 7.71. The monoisotopic (exact) mass is 326 g/mol. The molecule has 0 N–H and O–H groups in total. The first-order chi connectivity index (χ1) is 11.8. The van der Waals surface area contributed by atoms with Gasteiger partial charge in [0.25, 0.3) is 0 Å². The number of nitrogens with zero attached hydrogens (tertiary/aromatic N) is 4. The van der Waals surface area contributed by atoms with Crippen molar-refractivity contribution in [1.82, 2.24) is 19.9 Å². The average molecular weight is 326 g/mol. The van der Waals surface area contributed by atoms with Crippen molar-refractivity contribution >= 4 is 12.0 Å². The Labute approximate surface area is 140 Å². The fraction of sp³-hybridized carbons (Fsp3) is 0.294. The lowest BCUT2D eigenvalue weighted by Crippen LogP contribution is -2.47. The third-order valence-electron chi connectivity index (χ3n) is 3.48. The molecule has 1 fully saturated rings. The van der Waals surface area contributed by atoms with Crippen molar-refractivity contribution < 1.29 is 14.3 Å². The third kappa shape index (κ3) is 4.60. The average Bonchev–Trinajstić information content (AvgIpc) is 2.66. The number of morpholine rings is 1. The van der Waals surface area contributed by atoms with Crippen molar-refractivity contribution in [3.05, 3.63) is 54.6 Å². The standard InChI is InChI=1S/C17H18N4O3/c22-16(6-5-14-4-1-2-7-18-14)21-10-11-23-15(12-21)13-24-17-19-8-3-9-20-17/h1-9,15H,10-13H2/b6-5+. The van der Waals surface area contributed by atoms with Gasteiger partial charge >= 0.3 is 6.01 Å². The summed E-state index contributed by atoms with van der Waals surface area (Å²) in [5.41, 5.74) is 0.750. The maximum Gasteiger partial charge on any atom is 0.316 e. The first kappa shape index (κ1) is 16.1. The molecule has 1 saturated heterocycles. The Morgan fingerprint density at radius 3 is 2.88 bits per heavy atom. The van der Waals surface area contributed by atoms with Crippen molar-refractivity contribution in [3.63, 3.8) is 0 Å². The second-order valence-corrected chi connectivity index (χ2v) is 5.21. The van der Waals surface area contributed by atoms with Crippen molar-refractivity contribution in [2.75, 3.05) is 26.3 Å². The number of rotatable bonds is 5. The van der Waals surface area contributed by atoms with Crippen molar-refractivity contribution in [2.45, 2.75) is 6.10 Å². The van der Waals surface area contributed by atoms with Crippen LogP contribution < -0.4 is 4.74 Å². The van der Waals surface area contributed by atoms with E-state index in [2.05, 4.69) is 15.0 Å². The van der Waals surface area contributed by atoms with Gasteiger partial charge in [0.05, 0.1) is 18.8 Å². The highest BCUT2D eigenvalue weighted by atomic mass is 16.5. The lowest BCUT2D eigenvalue weighted by Gasteiger charge is -2.31. The molecule has 1 unspecified atom stereocenters. The number of aromatic nitrogens is 3. The minimum Gasteiger partial charge on any atom is -0.461 e. The predicted molar refractivity (Wildman–Crippen MR) is 87.1 cm³/mol. The van der Waals surface area contributed by atoms with E-state index >= 15 is 0 Å². The SMILES string of the molecule is O=C(/C=C/c1ccccn1)N1CCOC(COc2ncccn2)C1. The molecule has 1 atom stereocenters. The topological polar surface area (TPSA) is 77.4 Å². The van der Waals surface area contributed by atoms with Crippen LogP contribution in [0.25, 0.3) is 6.08 Å². The molecule has 124 valence electrons. The largest absolute Gasteiger partial charge is 0.461 e. The molecule has 2 aromatic heterocycles. The number of carbonyl (C=O) groups excluding carboxylic acids is 1. The van der Waals surface area contributed by atoms with Gasteiger partial charge in [-0.05, 0) is 24.3 Å². The molecule has 0 spiro atoms. The third-order valence-corrected chi connectivity index (χ3v) is 3.48. The van der Waals surface area contributed by atoms with E-state index in [0.717, 1.165) is 5.69 Å². The van der Waals surface area contributed by atoms with Gasteiger partial charge in [-0.25, -0.2) is 9.97 Å². The van der Waals surface area contributed by atoms with Crippen LogP contribution in [0.5, 0.6) is 6.01 Å². The quantitative estimate of drug-likeness (QED) is 0.768. The number of amides is 1. The van der Waals surface area contributed by atoms with E-state index in [4.69, 9.17) is 9.47 Å². The predicted octanol–water partition coefficient (Wildman–Crippen LogP) is 1.19. The van der Waals surface area contributed by atoms with E-state index in [9.17, 15) is 4.79 Å². The molecule has 1 amide bonds. The second-order valence-electron chi connectivity index (χ2n) is 5.21. The zero-order valence-electron chi connectivity index (χ0n) is 13.1. The van der Waals surface area contributed by atoms with E-state index in [1.165, 1.54) is 6.08 Å². The molecule has 0 bridgehead atoms. The van der Waals surface area contributed by atoms with Gasteiger partial charge in [0.15, 0.2) is 0 Å². The molecule has 7 heteroatoms. The van der Waals surface area contributed by atoms with Crippen LogP contribution in [0, 0.1) is 0 Å². The van der Waals surface area contributed by atoms with Gasteiger partial charge in [-0.1, -0.05) is 6.07 Å². The first-order valence-corrected chi connectivity index (χ1v) is 7.71. The van der Waals surface area contributed by atoms with Crippen LogP contribution in [0.15, 0.2) is 48.9 Å². The molecule has 0 saturated carbocycles. The van der Waals surface area contributed by atoms with Gasteiger partial charge in [0, 0.05) is 31.2 Å². The summed E-state index contributed by atoms with van der Waals surface area (Å²) in [7, 11) is 0. The molecule has 1 aliphatic rings. The van der Waals surface area contributed by atoms with E-state index in [0.29, 0.717) is 32.3 Å². The summed E-state index contributed by atoms with van der Waals surface area (Å²) in [6, 6.07) is 7.59. The van der Waals surface area contributed by atoms with Crippen LogP contribution in [-0.4, -0.2) is 58.2 Å². The van der Waals surface area contributed by atoms with Crippen molar-refractivity contribution in [2.24, 2.45) is 0 Å². The lowest BCUT2D eigenvalue weighted by molar-refractivity contribution is -0.134. The summed E-state index contributed by atoms with van der Waals surface area (Å²) in [6.45, 7) is 1.81. The summed E-state index contributed by atoms with van der Waals surface area (Å²) in [5, 5.41) is 0. The Balaban J connectivity index is 1.51. The van der Waals surface area contributed by atoms with Crippen LogP contribution >= 0.6 is 0 Å². The van der Waals surface area contributed by atoms with E-state index in [-0.39, 0.29) is 12.0 Å². The van der Waals surface area contributed by atoms with E-state index < -0.39 is 0 Å². The van der Waals surface area contributed by atoms with Crippen LogP contribution in [0.2, 0.25) is 0 Å². The number of ether oxygens (including phenoxy) is 2. The van der Waals surface area contributed by atoms with Gasteiger partial charge in [-0.15, -0.1) is 0 Å². The van der Waals surface area contributed by atoms with Crippen molar-refractivity contribution in [3.8, 4) is 6.01 Å². The summed E-state index contributed by atoms with van der Waals surface area (Å²) in [6.07, 6.45) is 7.96. The van der Waals surface area contributed by atoms with Gasteiger partial charge in [-0.2, -0.15) is 0 Å². The smallest absolute Gasteiger partial charge is 0.316 e. The molecular weight excluding hydrogens is 308 g/mol. The fourth-order valence-corrected chi connectivity index (χ4v) is 2.28. The highest BCUT2D eigenvalue weighted by molar-refractivity contribution is 5.91. The molecule has 2 aromatic rings. The van der Waals surface area contributed by atoms with Gasteiger partial charge < -0.3 is 14.4 Å².